The molecule has 3 N–H and O–H groups in total. The molecular formula is C27H29F2N7O3. The van der Waals surface area contributed by atoms with E-state index in [-0.39, 0.29) is 40.8 Å². The molecule has 0 bridgehead atoms. The summed E-state index contributed by atoms with van der Waals surface area (Å²) < 4.78 is 38.8. The number of amides is 2. The Labute approximate surface area is 223 Å². The van der Waals surface area contributed by atoms with Gasteiger partial charge in [0.15, 0.2) is 11.5 Å². The number of methoxy groups -OCH3 is 1. The van der Waals surface area contributed by atoms with Crippen molar-refractivity contribution in [3.05, 3.63) is 53.5 Å². The van der Waals surface area contributed by atoms with Gasteiger partial charge in [-0.25, -0.2) is 18.4 Å². The van der Waals surface area contributed by atoms with Crippen molar-refractivity contribution in [2.75, 3.05) is 32.6 Å². The Kier molecular flexibility index (Phi) is 7.10. The van der Waals surface area contributed by atoms with Crippen LogP contribution in [0.5, 0.6) is 0 Å². The monoisotopic (exact) mass is 537 g/mol. The summed E-state index contributed by atoms with van der Waals surface area (Å²) in [4.78, 5) is 30.8. The zero-order valence-electron chi connectivity index (χ0n) is 21.7. The first-order chi connectivity index (χ1) is 18.8. The highest BCUT2D eigenvalue weighted by molar-refractivity contribution is 6.00. The number of ether oxygens (including phenoxy) is 1. The minimum Gasteiger partial charge on any atom is -0.385 e. The molecule has 12 heteroatoms. The van der Waals surface area contributed by atoms with Crippen molar-refractivity contribution in [1.29, 1.82) is 0 Å². The molecule has 1 aliphatic heterocycles. The number of nitrogens with one attached hydrogen (secondary N) is 1. The molecule has 2 fully saturated rings. The largest absolute Gasteiger partial charge is 0.385 e. The van der Waals surface area contributed by atoms with Gasteiger partial charge in [-0.3, -0.25) is 9.59 Å². The molecule has 2 atom stereocenters. The van der Waals surface area contributed by atoms with Crippen LogP contribution in [0, 0.1) is 23.5 Å². The molecule has 5 rings (SSSR count). The summed E-state index contributed by atoms with van der Waals surface area (Å²) in [5.74, 6) is 2.73. The molecule has 1 aliphatic carbocycles. The second-order valence-corrected chi connectivity index (χ2v) is 9.70. The third-order valence-electron chi connectivity index (χ3n) is 7.25. The van der Waals surface area contributed by atoms with Crippen LogP contribution >= 0.6 is 0 Å². The minimum atomic E-state index is -0.874. The van der Waals surface area contributed by atoms with Gasteiger partial charge >= 0.3 is 0 Å². The lowest BCUT2D eigenvalue weighted by molar-refractivity contribution is -0.127. The molecule has 0 spiro atoms. The normalized spacial score (nSPS) is 18.7. The average molecular weight is 538 g/mol. The molecule has 2 aromatic heterocycles. The maximum Gasteiger partial charge on any atom is 0.255 e. The van der Waals surface area contributed by atoms with Crippen molar-refractivity contribution in [1.82, 2.24) is 24.2 Å². The van der Waals surface area contributed by atoms with E-state index in [1.54, 1.807) is 28.3 Å². The van der Waals surface area contributed by atoms with Gasteiger partial charge in [0.1, 0.15) is 22.7 Å². The van der Waals surface area contributed by atoms with E-state index in [2.05, 4.69) is 33.8 Å². The Bertz CT molecular complexity index is 1530. The number of fused-ring (bicyclic) bond motifs is 1. The molecule has 39 heavy (non-hydrogen) atoms. The fourth-order valence-electron chi connectivity index (χ4n) is 5.22. The van der Waals surface area contributed by atoms with Gasteiger partial charge < -0.3 is 25.3 Å². The lowest BCUT2D eigenvalue weighted by atomic mass is 10.1. The molecule has 2 amide bonds. The molecule has 3 aromatic rings. The number of primary amides is 1. The van der Waals surface area contributed by atoms with Crippen molar-refractivity contribution in [3.63, 3.8) is 0 Å². The third kappa shape index (κ3) is 4.74. The van der Waals surface area contributed by atoms with Gasteiger partial charge in [0.05, 0.1) is 23.4 Å². The number of halogens is 2. The lowest BCUT2D eigenvalue weighted by Gasteiger charge is -2.22. The summed E-state index contributed by atoms with van der Waals surface area (Å²) in [5, 5.41) is 7.46. The van der Waals surface area contributed by atoms with E-state index in [4.69, 9.17) is 10.5 Å². The van der Waals surface area contributed by atoms with E-state index in [0.717, 1.165) is 12.8 Å². The highest BCUT2D eigenvalue weighted by atomic mass is 19.1. The van der Waals surface area contributed by atoms with E-state index >= 15 is 8.78 Å². The first-order valence-corrected chi connectivity index (χ1v) is 12.7. The van der Waals surface area contributed by atoms with Crippen LogP contribution in [0.25, 0.3) is 11.0 Å². The number of nitrogens with two attached hydrogens (primary N) is 1. The fraction of sp³-hybridized carbons (Fsp3) is 0.407. The number of hydrogen-bond donors (Lipinski definition) is 2. The van der Waals surface area contributed by atoms with Crippen LogP contribution in [-0.2, 0) is 9.53 Å². The molecule has 1 unspecified atom stereocenters. The van der Waals surface area contributed by atoms with Gasteiger partial charge in [0, 0.05) is 45.5 Å². The highest BCUT2D eigenvalue weighted by Gasteiger charge is 2.37. The number of carbonyl (C=O) groups excluding carboxylic acids is 2. The van der Waals surface area contributed by atoms with Gasteiger partial charge in [-0.1, -0.05) is 12.5 Å². The molecular weight excluding hydrogens is 508 g/mol. The molecule has 1 aromatic carbocycles. The Morgan fingerprint density at radius 2 is 2.08 bits per heavy atom. The first kappa shape index (κ1) is 26.4. The van der Waals surface area contributed by atoms with E-state index in [0.29, 0.717) is 37.3 Å². The summed E-state index contributed by atoms with van der Waals surface area (Å²) in [7, 11) is 3.19. The minimum absolute atomic E-state index is 0.00755. The van der Waals surface area contributed by atoms with E-state index in [1.807, 2.05) is 0 Å². The van der Waals surface area contributed by atoms with Gasteiger partial charge in [0.25, 0.3) is 5.91 Å². The zero-order chi connectivity index (χ0) is 27.8. The number of anilines is 1. The van der Waals surface area contributed by atoms with Crippen LogP contribution < -0.4 is 11.1 Å². The average Bonchev–Trinajstić information content (AvgIpc) is 3.36. The number of imidazole rings is 1. The zero-order valence-corrected chi connectivity index (χ0v) is 21.7. The third-order valence-corrected chi connectivity index (χ3v) is 7.25. The van der Waals surface area contributed by atoms with Crippen LogP contribution in [-0.4, -0.2) is 69.4 Å². The second kappa shape index (κ2) is 10.5. The maximum absolute atomic E-state index is 15.3. The van der Waals surface area contributed by atoms with E-state index < -0.39 is 23.1 Å². The molecule has 3 heterocycles. The van der Waals surface area contributed by atoms with Crippen LogP contribution in [0.2, 0.25) is 0 Å². The van der Waals surface area contributed by atoms with Gasteiger partial charge in [-0.15, -0.1) is 0 Å². The number of likely N-dealkylation sites (tertiary alicyclic amines) is 1. The molecule has 2 aliphatic rings. The van der Waals surface area contributed by atoms with Crippen LogP contribution in [0.15, 0.2) is 25.0 Å². The molecule has 204 valence electrons. The fourth-order valence-corrected chi connectivity index (χ4v) is 5.22. The van der Waals surface area contributed by atoms with Crippen molar-refractivity contribution < 1.29 is 23.1 Å². The summed E-state index contributed by atoms with van der Waals surface area (Å²) in [6, 6.07) is 0.981. The van der Waals surface area contributed by atoms with Crippen molar-refractivity contribution in [2.24, 2.45) is 5.73 Å². The Morgan fingerprint density at radius 3 is 2.72 bits per heavy atom. The predicted molar refractivity (Wildman–Crippen MR) is 140 cm³/mol. The topological polar surface area (TPSA) is 120 Å². The SMILES string of the molecule is C=CC(=O)N1CC(n2nc(C#Cc3c(F)cc4c(ncn4C4CC4)c3F)c(C(N)=O)c2NC)C[C@@H]1CCOC. The Balaban J connectivity index is 1.53. The van der Waals surface area contributed by atoms with Crippen LogP contribution in [0.4, 0.5) is 14.6 Å². The summed E-state index contributed by atoms with van der Waals surface area (Å²) in [6.45, 7) is 4.36. The van der Waals surface area contributed by atoms with E-state index in [1.165, 1.54) is 18.5 Å². The Morgan fingerprint density at radius 1 is 1.31 bits per heavy atom. The number of rotatable bonds is 8. The molecule has 1 saturated carbocycles. The summed E-state index contributed by atoms with van der Waals surface area (Å²) in [6.07, 6.45) is 5.79. The maximum atomic E-state index is 15.3. The van der Waals surface area contributed by atoms with Crippen LogP contribution in [0.3, 0.4) is 0 Å². The smallest absolute Gasteiger partial charge is 0.255 e. The molecule has 10 nitrogen and oxygen atoms in total. The number of nitrogens with zero attached hydrogens (tertiary/aromatic N) is 5. The summed E-state index contributed by atoms with van der Waals surface area (Å²) >= 11 is 0. The molecule has 1 saturated heterocycles. The quantitative estimate of drug-likeness (QED) is 0.337. The van der Waals surface area contributed by atoms with Crippen LogP contribution in [0.1, 0.15) is 59.4 Å². The lowest BCUT2D eigenvalue weighted by Crippen LogP contribution is -2.35. The predicted octanol–water partition coefficient (Wildman–Crippen LogP) is 2.75. The summed E-state index contributed by atoms with van der Waals surface area (Å²) in [5.41, 5.74) is 5.58. The van der Waals surface area contributed by atoms with Crippen molar-refractivity contribution in [3.8, 4) is 11.8 Å². The number of aromatic nitrogens is 4. The van der Waals surface area contributed by atoms with E-state index in [9.17, 15) is 9.59 Å². The molecule has 0 radical (unpaired) electrons. The Hall–Kier alpha value is -4.24. The number of benzene rings is 1. The first-order valence-electron chi connectivity index (χ1n) is 12.7. The van der Waals surface area contributed by atoms with Gasteiger partial charge in [-0.2, -0.15) is 5.10 Å². The second-order valence-electron chi connectivity index (χ2n) is 9.70. The number of carbonyl (C=O) groups is 2. The highest BCUT2D eigenvalue weighted by Crippen LogP contribution is 2.38. The van der Waals surface area contributed by atoms with Gasteiger partial charge in [-0.05, 0) is 37.7 Å². The van der Waals surface area contributed by atoms with Gasteiger partial charge in [0.2, 0.25) is 5.91 Å². The van der Waals surface area contributed by atoms with Crippen molar-refractivity contribution in [2.45, 2.75) is 43.8 Å². The number of hydrogen-bond acceptors (Lipinski definition) is 6. The standard InChI is InChI=1S/C27H29F2N7O3/c1-4-22(37)34-13-17(11-16(34)9-10-39-3)36-27(31-2)23(26(30)38)20(33-36)8-7-18-19(28)12-21-25(24(18)29)32-14-35(21)15-5-6-15/h4,12,14-17,31H,1,5-6,9-11,13H2,2-3H3,(H2,30,38)/t16-,17?/m0/s1. The van der Waals surface area contributed by atoms with Crippen molar-refractivity contribution >= 4 is 28.7 Å².